The Morgan fingerprint density at radius 2 is 1.86 bits per heavy atom. The van der Waals surface area contributed by atoms with Gasteiger partial charge in [0.1, 0.15) is 5.78 Å². The van der Waals surface area contributed by atoms with Crippen LogP contribution < -0.4 is 0 Å². The molecule has 0 aromatic heterocycles. The summed E-state index contributed by atoms with van der Waals surface area (Å²) in [5.74, 6) is 1.28. The van der Waals surface area contributed by atoms with E-state index in [-0.39, 0.29) is 0 Å². The fourth-order valence-corrected chi connectivity index (χ4v) is 2.83. The molecule has 2 bridgehead atoms. The molecule has 2 heteroatoms. The van der Waals surface area contributed by atoms with Crippen molar-refractivity contribution in [2.75, 3.05) is 6.54 Å². The number of Topliss-reactive ketones (excluding diaryl/α,β-unsaturated/α-hetero) is 1. The molecule has 0 aromatic carbocycles. The van der Waals surface area contributed by atoms with E-state index in [2.05, 4.69) is 18.7 Å². The molecule has 0 amide bonds. The molecule has 0 aliphatic carbocycles. The minimum atomic E-state index is 0.498. The van der Waals surface area contributed by atoms with E-state index in [0.717, 1.165) is 18.8 Å². The van der Waals surface area contributed by atoms with Gasteiger partial charge in [-0.3, -0.25) is 9.69 Å². The Balaban J connectivity index is 1.91. The first-order chi connectivity index (χ1) is 6.66. The van der Waals surface area contributed by atoms with Gasteiger partial charge in [-0.15, -0.1) is 0 Å². The van der Waals surface area contributed by atoms with Gasteiger partial charge in [-0.05, 0) is 31.7 Å². The SMILES string of the molecule is CC(C)CCN1C2CCC1CC(=O)C2. The highest BCUT2D eigenvalue weighted by molar-refractivity contribution is 5.80. The standard InChI is InChI=1S/C12H21NO/c1-9(2)5-6-13-10-3-4-11(13)8-12(14)7-10/h9-11H,3-8H2,1-2H3. The molecule has 2 saturated heterocycles. The Kier molecular flexibility index (Phi) is 2.91. The molecule has 2 rings (SSSR count). The molecule has 0 radical (unpaired) electrons. The van der Waals surface area contributed by atoms with Crippen molar-refractivity contribution >= 4 is 5.78 Å². The van der Waals surface area contributed by atoms with Crippen molar-refractivity contribution in [3.63, 3.8) is 0 Å². The summed E-state index contributed by atoms with van der Waals surface area (Å²) in [5.41, 5.74) is 0. The number of hydrogen-bond donors (Lipinski definition) is 0. The van der Waals surface area contributed by atoms with Gasteiger partial charge < -0.3 is 0 Å². The highest BCUT2D eigenvalue weighted by atomic mass is 16.1. The number of hydrogen-bond acceptors (Lipinski definition) is 2. The van der Waals surface area contributed by atoms with Crippen molar-refractivity contribution in [3.8, 4) is 0 Å². The Labute approximate surface area is 86.7 Å². The Morgan fingerprint density at radius 3 is 2.36 bits per heavy atom. The number of ketones is 1. The van der Waals surface area contributed by atoms with Crippen LogP contribution in [-0.2, 0) is 4.79 Å². The number of rotatable bonds is 3. The van der Waals surface area contributed by atoms with Crippen molar-refractivity contribution in [2.24, 2.45) is 5.92 Å². The van der Waals surface area contributed by atoms with Crippen LogP contribution in [0.5, 0.6) is 0 Å². The highest BCUT2D eigenvalue weighted by Crippen LogP contribution is 2.34. The van der Waals surface area contributed by atoms with Crippen LogP contribution in [0.1, 0.15) is 46.0 Å². The van der Waals surface area contributed by atoms with Gasteiger partial charge in [0, 0.05) is 24.9 Å². The van der Waals surface area contributed by atoms with Gasteiger partial charge in [-0.2, -0.15) is 0 Å². The third kappa shape index (κ3) is 2.00. The first-order valence-electron chi connectivity index (χ1n) is 5.94. The molecular formula is C12H21NO. The lowest BCUT2D eigenvalue weighted by Crippen LogP contribution is -2.43. The van der Waals surface area contributed by atoms with E-state index in [4.69, 9.17) is 0 Å². The van der Waals surface area contributed by atoms with Gasteiger partial charge >= 0.3 is 0 Å². The van der Waals surface area contributed by atoms with Crippen LogP contribution >= 0.6 is 0 Å². The minimum Gasteiger partial charge on any atom is -0.300 e. The third-order valence-corrected chi connectivity index (χ3v) is 3.66. The number of carbonyl (C=O) groups excluding carboxylic acids is 1. The smallest absolute Gasteiger partial charge is 0.136 e. The molecule has 2 heterocycles. The average Bonchev–Trinajstić information content (AvgIpc) is 2.34. The van der Waals surface area contributed by atoms with Crippen LogP contribution in [-0.4, -0.2) is 29.3 Å². The topological polar surface area (TPSA) is 20.3 Å². The predicted molar refractivity (Wildman–Crippen MR) is 57.2 cm³/mol. The van der Waals surface area contributed by atoms with E-state index in [1.807, 2.05) is 0 Å². The summed E-state index contributed by atoms with van der Waals surface area (Å²) in [7, 11) is 0. The van der Waals surface area contributed by atoms with Crippen LogP contribution in [0, 0.1) is 5.92 Å². The van der Waals surface area contributed by atoms with E-state index in [9.17, 15) is 4.79 Å². The number of fused-ring (bicyclic) bond motifs is 2. The molecule has 0 saturated carbocycles. The molecule has 2 aliphatic heterocycles. The Morgan fingerprint density at radius 1 is 1.29 bits per heavy atom. The van der Waals surface area contributed by atoms with Gasteiger partial charge in [0.15, 0.2) is 0 Å². The molecular weight excluding hydrogens is 174 g/mol. The maximum atomic E-state index is 11.4. The lowest BCUT2D eigenvalue weighted by Gasteiger charge is -2.34. The zero-order valence-corrected chi connectivity index (χ0v) is 9.33. The lowest BCUT2D eigenvalue weighted by atomic mass is 10.00. The molecule has 2 fully saturated rings. The van der Waals surface area contributed by atoms with Crippen LogP contribution in [0.3, 0.4) is 0 Å². The lowest BCUT2D eigenvalue weighted by molar-refractivity contribution is -0.123. The molecule has 2 aliphatic rings. The van der Waals surface area contributed by atoms with Crippen molar-refractivity contribution in [2.45, 2.75) is 58.0 Å². The molecule has 14 heavy (non-hydrogen) atoms. The summed E-state index contributed by atoms with van der Waals surface area (Å²) in [5, 5.41) is 0. The average molecular weight is 195 g/mol. The van der Waals surface area contributed by atoms with E-state index in [0.29, 0.717) is 17.9 Å². The van der Waals surface area contributed by atoms with Gasteiger partial charge in [0.2, 0.25) is 0 Å². The summed E-state index contributed by atoms with van der Waals surface area (Å²) in [6.07, 6.45) is 5.45. The first kappa shape index (κ1) is 10.2. The second kappa shape index (κ2) is 4.01. The fourth-order valence-electron chi connectivity index (χ4n) is 2.83. The minimum absolute atomic E-state index is 0.498. The Hall–Kier alpha value is -0.370. The van der Waals surface area contributed by atoms with Crippen LogP contribution in [0.2, 0.25) is 0 Å². The molecule has 0 N–H and O–H groups in total. The summed E-state index contributed by atoms with van der Waals surface area (Å²) in [4.78, 5) is 14.0. The predicted octanol–water partition coefficient (Wildman–Crippen LogP) is 2.23. The summed E-state index contributed by atoms with van der Waals surface area (Å²) >= 11 is 0. The molecule has 0 spiro atoms. The third-order valence-electron chi connectivity index (χ3n) is 3.66. The van der Waals surface area contributed by atoms with E-state index in [1.165, 1.54) is 25.8 Å². The van der Waals surface area contributed by atoms with Crippen LogP contribution in [0.15, 0.2) is 0 Å². The molecule has 80 valence electrons. The normalized spacial score (nSPS) is 32.9. The second-order valence-electron chi connectivity index (χ2n) is 5.25. The van der Waals surface area contributed by atoms with E-state index in [1.54, 1.807) is 0 Å². The number of carbonyl (C=O) groups is 1. The van der Waals surface area contributed by atoms with Crippen molar-refractivity contribution in [1.82, 2.24) is 4.90 Å². The van der Waals surface area contributed by atoms with Crippen LogP contribution in [0.4, 0.5) is 0 Å². The van der Waals surface area contributed by atoms with Gasteiger partial charge in [-0.1, -0.05) is 13.8 Å². The number of nitrogens with zero attached hydrogens (tertiary/aromatic N) is 1. The monoisotopic (exact) mass is 195 g/mol. The quantitative estimate of drug-likeness (QED) is 0.688. The van der Waals surface area contributed by atoms with Crippen molar-refractivity contribution in [1.29, 1.82) is 0 Å². The van der Waals surface area contributed by atoms with E-state index < -0.39 is 0 Å². The highest BCUT2D eigenvalue weighted by Gasteiger charge is 2.39. The summed E-state index contributed by atoms with van der Waals surface area (Å²) in [6, 6.07) is 1.19. The molecule has 2 unspecified atom stereocenters. The molecule has 2 atom stereocenters. The zero-order chi connectivity index (χ0) is 10.1. The fraction of sp³-hybridized carbons (Fsp3) is 0.917. The zero-order valence-electron chi connectivity index (χ0n) is 9.33. The van der Waals surface area contributed by atoms with Crippen LogP contribution in [0.25, 0.3) is 0 Å². The number of piperidine rings is 1. The second-order valence-corrected chi connectivity index (χ2v) is 5.25. The molecule has 2 nitrogen and oxygen atoms in total. The largest absolute Gasteiger partial charge is 0.300 e. The van der Waals surface area contributed by atoms with Gasteiger partial charge in [-0.25, -0.2) is 0 Å². The van der Waals surface area contributed by atoms with Crippen molar-refractivity contribution in [3.05, 3.63) is 0 Å². The summed E-state index contributed by atoms with van der Waals surface area (Å²) in [6.45, 7) is 5.76. The Bertz CT molecular complexity index is 208. The maximum absolute atomic E-state index is 11.4. The van der Waals surface area contributed by atoms with Gasteiger partial charge in [0.25, 0.3) is 0 Å². The summed E-state index contributed by atoms with van der Waals surface area (Å²) < 4.78 is 0. The maximum Gasteiger partial charge on any atom is 0.136 e. The molecule has 0 aromatic rings. The van der Waals surface area contributed by atoms with Crippen molar-refractivity contribution < 1.29 is 4.79 Å². The van der Waals surface area contributed by atoms with E-state index >= 15 is 0 Å². The van der Waals surface area contributed by atoms with Gasteiger partial charge in [0.05, 0.1) is 0 Å². The first-order valence-corrected chi connectivity index (χ1v) is 5.94.